The zero-order chi connectivity index (χ0) is 27.6. The summed E-state index contributed by atoms with van der Waals surface area (Å²) < 4.78 is 4.61. The maximum atomic E-state index is 3.60. The van der Waals surface area contributed by atoms with Gasteiger partial charge in [-0.1, -0.05) is 88.7 Å². The molecular formula is C40H22N2Y2-4. The quantitative estimate of drug-likeness (QED) is 0.158. The van der Waals surface area contributed by atoms with E-state index in [-0.39, 0.29) is 65.4 Å². The van der Waals surface area contributed by atoms with Crippen LogP contribution in [-0.2, 0) is 65.4 Å². The molecule has 10 aromatic rings. The third kappa shape index (κ3) is 4.46. The van der Waals surface area contributed by atoms with Crippen molar-refractivity contribution in [2.75, 3.05) is 0 Å². The van der Waals surface area contributed by atoms with Gasteiger partial charge in [0.15, 0.2) is 0 Å². The molecule has 0 fully saturated rings. The van der Waals surface area contributed by atoms with E-state index in [0.717, 1.165) is 33.3 Å². The molecule has 6 heterocycles. The van der Waals surface area contributed by atoms with Crippen LogP contribution in [0.4, 0.5) is 0 Å². The van der Waals surface area contributed by atoms with Crippen molar-refractivity contribution in [2.24, 2.45) is 0 Å². The summed E-state index contributed by atoms with van der Waals surface area (Å²) in [4.78, 5) is 0. The number of nitrogens with zero attached hydrogens (tertiary/aromatic N) is 2. The van der Waals surface area contributed by atoms with Crippen molar-refractivity contribution in [3.63, 3.8) is 0 Å². The van der Waals surface area contributed by atoms with Crippen LogP contribution in [0.2, 0.25) is 0 Å². The first-order valence-corrected chi connectivity index (χ1v) is 14.1. The van der Waals surface area contributed by atoms with Gasteiger partial charge in [-0.15, -0.1) is 18.2 Å². The molecule has 4 aromatic carbocycles. The van der Waals surface area contributed by atoms with E-state index in [4.69, 9.17) is 0 Å². The number of rotatable bonds is 2. The molecule has 4 heteroatoms. The number of benzene rings is 4. The Balaban J connectivity index is 0.000000136. The molecule has 2 radical (unpaired) electrons. The van der Waals surface area contributed by atoms with Crippen molar-refractivity contribution in [3.8, 4) is 22.3 Å². The standard InChI is InChI=1S/2C20H11N.2Y/c1-2-7-14(8-3-1)18-13-15-9-6-12-19-16-10-4-5-11-17(16)20(18)21(15)19;1-2-7-14(8-3-1)17-13-20-16-10-5-4-9-15(16)18-11-6-12-19(17)21(18)20;;/h2*1-7,9-12H;;/q2*-2;;. The zero-order valence-electron chi connectivity index (χ0n) is 23.8. The minimum atomic E-state index is 0. The van der Waals surface area contributed by atoms with E-state index in [0.29, 0.717) is 0 Å². The second-order valence-electron chi connectivity index (χ2n) is 10.6. The first-order valence-electron chi connectivity index (χ1n) is 14.1. The molecule has 0 spiro atoms. The molecule has 0 unspecified atom stereocenters. The number of hydrogen-bond donors (Lipinski definition) is 0. The molecule has 0 saturated carbocycles. The molecule has 0 amide bonds. The first kappa shape index (κ1) is 29.3. The number of aromatic nitrogens is 2. The van der Waals surface area contributed by atoms with Crippen LogP contribution in [0.5, 0.6) is 0 Å². The van der Waals surface area contributed by atoms with Gasteiger partial charge in [-0.2, -0.15) is 66.2 Å². The molecule has 2 nitrogen and oxygen atoms in total. The van der Waals surface area contributed by atoms with Crippen molar-refractivity contribution in [1.82, 2.24) is 8.80 Å². The van der Waals surface area contributed by atoms with Crippen molar-refractivity contribution in [2.45, 2.75) is 0 Å². The fraction of sp³-hybridized carbons (Fsp3) is 0. The van der Waals surface area contributed by atoms with Crippen molar-refractivity contribution in [1.29, 1.82) is 0 Å². The van der Waals surface area contributed by atoms with Gasteiger partial charge in [0.2, 0.25) is 0 Å². The van der Waals surface area contributed by atoms with Gasteiger partial charge in [0, 0.05) is 76.5 Å². The van der Waals surface area contributed by atoms with E-state index in [1.165, 1.54) is 43.6 Å². The maximum Gasteiger partial charge on any atom is 0.0416 e. The van der Waals surface area contributed by atoms with Gasteiger partial charge < -0.3 is 8.80 Å². The Bertz CT molecular complexity index is 2490. The van der Waals surface area contributed by atoms with Crippen molar-refractivity contribution in [3.05, 3.63) is 158 Å². The molecule has 0 N–H and O–H groups in total. The monoisotopic (exact) mass is 708 g/mol. The Morgan fingerprint density at radius 1 is 0.409 bits per heavy atom. The predicted octanol–water partition coefficient (Wildman–Crippen LogP) is 9.90. The fourth-order valence-electron chi connectivity index (χ4n) is 6.52. The second-order valence-corrected chi connectivity index (χ2v) is 10.6. The molecule has 6 aromatic heterocycles. The van der Waals surface area contributed by atoms with Crippen LogP contribution >= 0.6 is 0 Å². The summed E-state index contributed by atoms with van der Waals surface area (Å²) in [6.07, 6.45) is 0. The molecule has 0 atom stereocenters. The van der Waals surface area contributed by atoms with Gasteiger partial charge in [0.05, 0.1) is 0 Å². The minimum absolute atomic E-state index is 0. The molecule has 0 aliphatic rings. The van der Waals surface area contributed by atoms with Crippen molar-refractivity contribution < 1.29 is 65.4 Å². The largest absolute Gasteiger partial charge is 0.377 e. The van der Waals surface area contributed by atoms with Gasteiger partial charge in [0.1, 0.15) is 0 Å². The van der Waals surface area contributed by atoms with Crippen LogP contribution in [-0.4, -0.2) is 8.80 Å². The average Bonchev–Trinajstić information content (AvgIpc) is 3.82. The Morgan fingerprint density at radius 3 is 1.64 bits per heavy atom. The number of fused-ring (bicyclic) bond motifs is 6. The Morgan fingerprint density at radius 2 is 0.955 bits per heavy atom. The summed E-state index contributed by atoms with van der Waals surface area (Å²) in [5.74, 6) is 0. The molecule has 0 saturated heterocycles. The molecule has 10 rings (SSSR count). The SMILES string of the molecule is [Y].[Y].[c-]1ccccc1-c1[c-]c2c3ccccc3c3cccc1n23.[c-]1ccccc1-c1[c-]c2cccc3c4ccccc4c1n23. The normalized spacial score (nSPS) is 11.3. The van der Waals surface area contributed by atoms with Crippen LogP contribution < -0.4 is 0 Å². The summed E-state index contributed by atoms with van der Waals surface area (Å²) >= 11 is 0. The van der Waals surface area contributed by atoms with Gasteiger partial charge >= 0.3 is 0 Å². The van der Waals surface area contributed by atoms with E-state index >= 15 is 0 Å². The van der Waals surface area contributed by atoms with E-state index in [1.807, 2.05) is 30.3 Å². The molecule has 202 valence electrons. The van der Waals surface area contributed by atoms with Crippen LogP contribution in [0.25, 0.3) is 76.9 Å². The minimum Gasteiger partial charge on any atom is -0.377 e. The van der Waals surface area contributed by atoms with Crippen LogP contribution in [0, 0.1) is 24.3 Å². The smallest absolute Gasteiger partial charge is 0.0416 e. The van der Waals surface area contributed by atoms with Crippen LogP contribution in [0.3, 0.4) is 0 Å². The zero-order valence-corrected chi connectivity index (χ0v) is 29.4. The third-order valence-corrected chi connectivity index (χ3v) is 8.29. The Labute approximate surface area is 305 Å². The summed E-state index contributed by atoms with van der Waals surface area (Å²) in [6.45, 7) is 0. The van der Waals surface area contributed by atoms with Gasteiger partial charge in [-0.3, -0.25) is 0 Å². The summed E-state index contributed by atoms with van der Waals surface area (Å²) in [6, 6.07) is 59.9. The predicted molar refractivity (Wildman–Crippen MR) is 173 cm³/mol. The molecule has 44 heavy (non-hydrogen) atoms. The summed E-state index contributed by atoms with van der Waals surface area (Å²) in [5.41, 5.74) is 11.6. The Kier molecular flexibility index (Phi) is 7.89. The Hall–Kier alpha value is -3.39. The van der Waals surface area contributed by atoms with Crippen LogP contribution in [0.15, 0.2) is 133 Å². The average molecular weight is 708 g/mol. The first-order chi connectivity index (χ1) is 20.9. The third-order valence-electron chi connectivity index (χ3n) is 8.29. The summed E-state index contributed by atoms with van der Waals surface area (Å²) in [7, 11) is 0. The van der Waals surface area contributed by atoms with Crippen LogP contribution in [0.1, 0.15) is 0 Å². The molecule has 0 aliphatic carbocycles. The maximum absolute atomic E-state index is 3.60. The summed E-state index contributed by atoms with van der Waals surface area (Å²) in [5, 5.41) is 5.13. The fourth-order valence-corrected chi connectivity index (χ4v) is 6.52. The molecule has 0 aliphatic heterocycles. The van der Waals surface area contributed by atoms with E-state index < -0.39 is 0 Å². The molecular weight excluding hydrogens is 686 g/mol. The molecule has 0 bridgehead atoms. The topological polar surface area (TPSA) is 8.82 Å². The van der Waals surface area contributed by atoms with E-state index in [9.17, 15) is 0 Å². The van der Waals surface area contributed by atoms with Crippen molar-refractivity contribution >= 4 is 54.6 Å². The number of pyridine rings is 2. The van der Waals surface area contributed by atoms with E-state index in [2.05, 4.69) is 136 Å². The van der Waals surface area contributed by atoms with Gasteiger partial charge in [-0.05, 0) is 33.8 Å². The van der Waals surface area contributed by atoms with Gasteiger partial charge in [-0.25, -0.2) is 16.7 Å². The van der Waals surface area contributed by atoms with Gasteiger partial charge in [0.25, 0.3) is 0 Å². The number of hydrogen-bond acceptors (Lipinski definition) is 0. The second kappa shape index (κ2) is 11.8. The van der Waals surface area contributed by atoms with E-state index in [1.54, 1.807) is 0 Å².